The first-order chi connectivity index (χ1) is 9.56. The van der Waals surface area contributed by atoms with Gasteiger partial charge in [-0.15, -0.1) is 5.10 Å². The van der Waals surface area contributed by atoms with Gasteiger partial charge in [-0.1, -0.05) is 5.21 Å². The van der Waals surface area contributed by atoms with Crippen LogP contribution in [0.15, 0.2) is 6.20 Å². The number of thioether (sulfide) groups is 1. The highest BCUT2D eigenvalue weighted by atomic mass is 32.2. The Bertz CT molecular complexity index is 415. The van der Waals surface area contributed by atoms with E-state index in [0.717, 1.165) is 5.75 Å². The number of aliphatic hydroxyl groups excluding tert-OH is 2. The lowest BCUT2D eigenvalue weighted by molar-refractivity contribution is -0.116. The number of anilines is 1. The van der Waals surface area contributed by atoms with Crippen LogP contribution in [0.25, 0.3) is 0 Å². The van der Waals surface area contributed by atoms with Gasteiger partial charge in [0.25, 0.3) is 0 Å². The number of amides is 1. The molecule has 2 radical (unpaired) electrons. The Kier molecular flexibility index (Phi) is 7.52. The normalized spacial score (nSPS) is 14.0. The molecule has 0 unspecified atom stereocenters. The lowest BCUT2D eigenvalue weighted by atomic mass is 10.3. The molecule has 0 spiro atoms. The van der Waals surface area contributed by atoms with E-state index in [4.69, 9.17) is 10.8 Å². The molecule has 2 atom stereocenters. The van der Waals surface area contributed by atoms with Crippen molar-refractivity contribution in [2.75, 3.05) is 23.4 Å². The molecule has 0 bridgehead atoms. The van der Waals surface area contributed by atoms with Crippen LogP contribution in [0.5, 0.6) is 0 Å². The van der Waals surface area contributed by atoms with E-state index in [2.05, 4.69) is 22.6 Å². The van der Waals surface area contributed by atoms with Crippen LogP contribution in [-0.2, 0) is 11.3 Å². The summed E-state index contributed by atoms with van der Waals surface area (Å²) in [5, 5.41) is 28.0. The highest BCUT2D eigenvalue weighted by molar-refractivity contribution is 7.99. The molecule has 9 heteroatoms. The molecule has 0 saturated heterocycles. The van der Waals surface area contributed by atoms with E-state index < -0.39 is 12.1 Å². The Morgan fingerprint density at radius 2 is 2.45 bits per heavy atom. The molecule has 0 fully saturated rings. The fourth-order valence-corrected chi connectivity index (χ4v) is 2.00. The number of hydrogen-bond donors (Lipinski definition) is 4. The summed E-state index contributed by atoms with van der Waals surface area (Å²) in [5.41, 5.74) is 5.72. The van der Waals surface area contributed by atoms with Crippen molar-refractivity contribution in [2.45, 2.75) is 18.7 Å². The average molecular weight is 301 g/mol. The minimum absolute atomic E-state index is 0.0978. The molecule has 20 heavy (non-hydrogen) atoms. The van der Waals surface area contributed by atoms with Crippen molar-refractivity contribution in [1.82, 2.24) is 15.0 Å². The number of aromatic nitrogens is 3. The molecular formula is C11H19N5O3S. The highest BCUT2D eigenvalue weighted by Gasteiger charge is 2.15. The maximum atomic E-state index is 11.8. The third-order valence-electron chi connectivity index (χ3n) is 2.27. The second kappa shape index (κ2) is 8.90. The number of carbonyl (C=O) groups excluding carboxylic acids is 1. The number of hydrogen-bond acceptors (Lipinski definition) is 7. The summed E-state index contributed by atoms with van der Waals surface area (Å²) < 4.78 is 1.33. The lowest BCUT2D eigenvalue weighted by Gasteiger charge is -2.09. The number of nitrogens with zero attached hydrogens (tertiary/aromatic N) is 3. The summed E-state index contributed by atoms with van der Waals surface area (Å²) in [6.07, 6.45) is 2.28. The topological polar surface area (TPSA) is 126 Å². The summed E-state index contributed by atoms with van der Waals surface area (Å²) in [5.74, 6) is 1.12. The van der Waals surface area contributed by atoms with Gasteiger partial charge < -0.3 is 21.3 Å². The number of nitrogens with two attached hydrogens (primary N) is 1. The van der Waals surface area contributed by atoms with Crippen LogP contribution >= 0.6 is 11.8 Å². The van der Waals surface area contributed by atoms with Gasteiger partial charge in [-0.25, -0.2) is 4.68 Å². The Morgan fingerprint density at radius 3 is 3.10 bits per heavy atom. The van der Waals surface area contributed by atoms with Crippen molar-refractivity contribution < 1.29 is 15.0 Å². The van der Waals surface area contributed by atoms with Crippen molar-refractivity contribution in [3.05, 3.63) is 19.5 Å². The molecule has 0 aliphatic rings. The molecule has 1 aromatic rings. The predicted octanol–water partition coefficient (Wildman–Crippen LogP) is -1.33. The zero-order valence-electron chi connectivity index (χ0n) is 11.0. The van der Waals surface area contributed by atoms with Crippen molar-refractivity contribution in [2.24, 2.45) is 5.73 Å². The van der Waals surface area contributed by atoms with Gasteiger partial charge in [-0.3, -0.25) is 4.79 Å². The second-order valence-electron chi connectivity index (χ2n) is 4.08. The first-order valence-corrected chi connectivity index (χ1v) is 7.16. The molecule has 1 rings (SSSR count). The number of aliphatic hydroxyl groups is 2. The van der Waals surface area contributed by atoms with Crippen LogP contribution in [0.3, 0.4) is 0 Å². The zero-order valence-corrected chi connectivity index (χ0v) is 11.8. The molecule has 1 aromatic heterocycles. The van der Waals surface area contributed by atoms with Crippen molar-refractivity contribution in [3.63, 3.8) is 0 Å². The maximum absolute atomic E-state index is 11.8. The molecular weight excluding hydrogens is 282 g/mol. The van der Waals surface area contributed by atoms with Crippen LogP contribution in [-0.4, -0.2) is 61.4 Å². The average Bonchev–Trinajstić information content (AvgIpc) is 2.85. The van der Waals surface area contributed by atoms with Gasteiger partial charge in [-0.2, -0.15) is 11.8 Å². The molecule has 8 nitrogen and oxygen atoms in total. The van der Waals surface area contributed by atoms with Gasteiger partial charge in [0, 0.05) is 5.75 Å². The van der Waals surface area contributed by atoms with Crippen LogP contribution in [0, 0.1) is 13.3 Å². The molecule has 0 aliphatic carbocycles. The van der Waals surface area contributed by atoms with E-state index in [-0.39, 0.29) is 24.9 Å². The Balaban J connectivity index is 2.41. The van der Waals surface area contributed by atoms with Gasteiger partial charge in [-0.05, 0) is 19.1 Å². The van der Waals surface area contributed by atoms with Crippen molar-refractivity contribution in [3.8, 4) is 0 Å². The molecule has 0 aromatic carbocycles. The SMILES string of the molecule is [CH2][CH]CSC[C@@H](N)C(=O)Nc1cn(C[C@@H](O)CO)nn1. The van der Waals surface area contributed by atoms with Crippen molar-refractivity contribution >= 4 is 23.5 Å². The Hall–Kier alpha value is -1.16. The minimum Gasteiger partial charge on any atom is -0.394 e. The minimum atomic E-state index is -0.919. The fraction of sp³-hybridized carbons (Fsp3) is 0.545. The molecule has 5 N–H and O–H groups in total. The molecule has 0 aliphatic heterocycles. The van der Waals surface area contributed by atoms with Gasteiger partial charge >= 0.3 is 0 Å². The highest BCUT2D eigenvalue weighted by Crippen LogP contribution is 2.06. The van der Waals surface area contributed by atoms with E-state index in [0.29, 0.717) is 5.75 Å². The second-order valence-corrected chi connectivity index (χ2v) is 5.16. The van der Waals surface area contributed by atoms with Crippen molar-refractivity contribution in [1.29, 1.82) is 0 Å². The van der Waals surface area contributed by atoms with Crippen LogP contribution < -0.4 is 11.1 Å². The van der Waals surface area contributed by atoms with Gasteiger partial charge in [0.15, 0.2) is 5.82 Å². The number of carbonyl (C=O) groups is 1. The van der Waals surface area contributed by atoms with Crippen LogP contribution in [0.4, 0.5) is 5.82 Å². The van der Waals surface area contributed by atoms with E-state index in [9.17, 15) is 9.90 Å². The van der Waals surface area contributed by atoms with E-state index in [1.54, 1.807) is 6.42 Å². The first kappa shape index (κ1) is 16.9. The van der Waals surface area contributed by atoms with Gasteiger partial charge in [0.2, 0.25) is 5.91 Å². The summed E-state index contributed by atoms with van der Waals surface area (Å²) in [7, 11) is 0. The third kappa shape index (κ3) is 5.87. The van der Waals surface area contributed by atoms with Gasteiger partial charge in [0.1, 0.15) is 0 Å². The summed E-state index contributed by atoms with van der Waals surface area (Å²) in [6, 6.07) is -0.645. The lowest BCUT2D eigenvalue weighted by Crippen LogP contribution is -2.37. The molecule has 112 valence electrons. The molecule has 1 amide bonds. The van der Waals surface area contributed by atoms with E-state index in [1.807, 2.05) is 0 Å². The summed E-state index contributed by atoms with van der Waals surface area (Å²) in [4.78, 5) is 11.8. The van der Waals surface area contributed by atoms with E-state index >= 15 is 0 Å². The van der Waals surface area contributed by atoms with E-state index in [1.165, 1.54) is 22.6 Å². The van der Waals surface area contributed by atoms with Crippen LogP contribution in [0.2, 0.25) is 0 Å². The predicted molar refractivity (Wildman–Crippen MR) is 76.7 cm³/mol. The molecule has 1 heterocycles. The Morgan fingerprint density at radius 1 is 1.70 bits per heavy atom. The Labute approximate surface area is 121 Å². The summed E-state index contributed by atoms with van der Waals surface area (Å²) >= 11 is 1.51. The quantitative estimate of drug-likeness (QED) is 0.416. The zero-order chi connectivity index (χ0) is 15.0. The third-order valence-corrected chi connectivity index (χ3v) is 3.33. The fourth-order valence-electron chi connectivity index (χ4n) is 1.29. The van der Waals surface area contributed by atoms with Crippen LogP contribution in [0.1, 0.15) is 0 Å². The molecule has 0 saturated carbocycles. The monoisotopic (exact) mass is 301 g/mol. The smallest absolute Gasteiger partial charge is 0.243 e. The number of nitrogens with one attached hydrogen (secondary N) is 1. The summed E-state index contributed by atoms with van der Waals surface area (Å²) in [6.45, 7) is 3.31. The number of rotatable bonds is 9. The largest absolute Gasteiger partial charge is 0.394 e. The standard InChI is InChI=1S/C11H19N5O3S/c1-2-3-20-7-9(12)11(19)13-10-5-16(15-14-10)4-8(18)6-17/h2,5,8-9,17-18H,1,3-4,6-7,12H2,(H,13,19)/t8-,9-/m1/s1. The maximum Gasteiger partial charge on any atom is 0.243 e. The van der Waals surface area contributed by atoms with Gasteiger partial charge in [0.05, 0.1) is 31.5 Å². The first-order valence-electron chi connectivity index (χ1n) is 6.01.